The predicted octanol–water partition coefficient (Wildman–Crippen LogP) is 0.0355. The Bertz CT molecular complexity index is 400. The van der Waals surface area contributed by atoms with Crippen molar-refractivity contribution in [3.05, 3.63) is 0 Å². The zero-order chi connectivity index (χ0) is 15.5. The molecule has 2 heterocycles. The second-order valence-corrected chi connectivity index (χ2v) is 6.47. The summed E-state index contributed by atoms with van der Waals surface area (Å²) in [5.41, 5.74) is -0.339. The standard InChI is InChI=1S/C15H27N3O3/c1-16(2)11-13(19)18-7-4-5-15(12-18)6-8-17(14(15)20)9-10-21-3/h4-12H2,1-3H3/t15-/m1/s1. The third kappa shape index (κ3) is 3.55. The van der Waals surface area contributed by atoms with E-state index in [4.69, 9.17) is 4.74 Å². The summed E-state index contributed by atoms with van der Waals surface area (Å²) in [5, 5.41) is 0. The first-order chi connectivity index (χ1) is 9.98. The van der Waals surface area contributed by atoms with Crippen molar-refractivity contribution < 1.29 is 14.3 Å². The van der Waals surface area contributed by atoms with E-state index in [9.17, 15) is 9.59 Å². The molecule has 2 amide bonds. The lowest BCUT2D eigenvalue weighted by atomic mass is 9.78. The van der Waals surface area contributed by atoms with Gasteiger partial charge >= 0.3 is 0 Å². The molecule has 0 radical (unpaired) electrons. The van der Waals surface area contributed by atoms with Gasteiger partial charge in [-0.25, -0.2) is 0 Å². The molecule has 0 aliphatic carbocycles. The lowest BCUT2D eigenvalue weighted by Gasteiger charge is -2.39. The smallest absolute Gasteiger partial charge is 0.236 e. The lowest BCUT2D eigenvalue weighted by Crippen LogP contribution is -2.51. The van der Waals surface area contributed by atoms with Gasteiger partial charge in [0.1, 0.15) is 0 Å². The van der Waals surface area contributed by atoms with Crippen molar-refractivity contribution >= 4 is 11.8 Å². The fraction of sp³-hybridized carbons (Fsp3) is 0.867. The Kier molecular flexibility index (Phi) is 5.22. The molecular weight excluding hydrogens is 270 g/mol. The molecular formula is C15H27N3O3. The highest BCUT2D eigenvalue weighted by Crippen LogP contribution is 2.40. The van der Waals surface area contributed by atoms with Gasteiger partial charge in [-0.15, -0.1) is 0 Å². The maximum atomic E-state index is 12.7. The van der Waals surface area contributed by atoms with E-state index in [2.05, 4.69) is 0 Å². The second-order valence-electron chi connectivity index (χ2n) is 6.47. The first-order valence-corrected chi connectivity index (χ1v) is 7.69. The summed E-state index contributed by atoms with van der Waals surface area (Å²) in [6.45, 7) is 3.80. The number of nitrogens with zero attached hydrogens (tertiary/aromatic N) is 3. The van der Waals surface area contributed by atoms with Crippen molar-refractivity contribution in [1.82, 2.24) is 14.7 Å². The molecule has 2 aliphatic heterocycles. The average Bonchev–Trinajstić information content (AvgIpc) is 2.73. The van der Waals surface area contributed by atoms with Gasteiger partial charge in [-0.1, -0.05) is 0 Å². The minimum atomic E-state index is -0.339. The van der Waals surface area contributed by atoms with E-state index in [1.54, 1.807) is 7.11 Å². The molecule has 0 aromatic carbocycles. The van der Waals surface area contributed by atoms with Crippen molar-refractivity contribution in [1.29, 1.82) is 0 Å². The van der Waals surface area contributed by atoms with Crippen molar-refractivity contribution in [3.63, 3.8) is 0 Å². The number of carbonyl (C=O) groups excluding carboxylic acids is 2. The Balaban J connectivity index is 2.00. The van der Waals surface area contributed by atoms with E-state index < -0.39 is 0 Å². The third-order valence-electron chi connectivity index (χ3n) is 4.55. The number of likely N-dealkylation sites (tertiary alicyclic amines) is 2. The quantitative estimate of drug-likeness (QED) is 0.719. The van der Waals surface area contributed by atoms with E-state index in [0.29, 0.717) is 26.2 Å². The molecule has 0 unspecified atom stereocenters. The summed E-state index contributed by atoms with van der Waals surface area (Å²) in [5.74, 6) is 0.337. The molecule has 2 saturated heterocycles. The van der Waals surface area contributed by atoms with Crippen LogP contribution in [0, 0.1) is 5.41 Å². The minimum Gasteiger partial charge on any atom is -0.383 e. The lowest BCUT2D eigenvalue weighted by molar-refractivity contribution is -0.144. The van der Waals surface area contributed by atoms with Gasteiger partial charge in [-0.2, -0.15) is 0 Å². The number of piperidine rings is 1. The maximum Gasteiger partial charge on any atom is 0.236 e. The molecule has 0 saturated carbocycles. The fourth-order valence-corrected chi connectivity index (χ4v) is 3.40. The Morgan fingerprint density at radius 1 is 1.33 bits per heavy atom. The number of hydrogen-bond acceptors (Lipinski definition) is 4. The third-order valence-corrected chi connectivity index (χ3v) is 4.55. The molecule has 21 heavy (non-hydrogen) atoms. The zero-order valence-electron chi connectivity index (χ0n) is 13.4. The summed E-state index contributed by atoms with van der Waals surface area (Å²) >= 11 is 0. The highest BCUT2D eigenvalue weighted by Gasteiger charge is 2.49. The minimum absolute atomic E-state index is 0.127. The van der Waals surface area contributed by atoms with Crippen LogP contribution in [-0.4, -0.2) is 87.0 Å². The number of rotatable bonds is 5. The molecule has 120 valence electrons. The van der Waals surface area contributed by atoms with Crippen LogP contribution >= 0.6 is 0 Å². The Morgan fingerprint density at radius 3 is 2.76 bits per heavy atom. The van der Waals surface area contributed by atoms with Gasteiger partial charge in [0.25, 0.3) is 0 Å². The van der Waals surface area contributed by atoms with Gasteiger partial charge < -0.3 is 19.4 Å². The van der Waals surface area contributed by atoms with E-state index in [1.165, 1.54) is 0 Å². The highest BCUT2D eigenvalue weighted by molar-refractivity contribution is 5.86. The summed E-state index contributed by atoms with van der Waals surface area (Å²) in [6, 6.07) is 0. The summed E-state index contributed by atoms with van der Waals surface area (Å²) in [6.07, 6.45) is 2.69. The molecule has 6 heteroatoms. The van der Waals surface area contributed by atoms with Gasteiger partial charge in [0.15, 0.2) is 0 Å². The SMILES string of the molecule is COCCN1CC[C@@]2(CCCN(C(=O)CN(C)C)C2)C1=O. The molecule has 0 aromatic heterocycles. The number of ether oxygens (including phenoxy) is 1. The van der Waals surface area contributed by atoms with Gasteiger partial charge in [0.2, 0.25) is 11.8 Å². The Morgan fingerprint density at radius 2 is 2.10 bits per heavy atom. The number of amides is 2. The highest BCUT2D eigenvalue weighted by atomic mass is 16.5. The van der Waals surface area contributed by atoms with Crippen LogP contribution in [0.2, 0.25) is 0 Å². The maximum absolute atomic E-state index is 12.7. The number of hydrogen-bond donors (Lipinski definition) is 0. The van der Waals surface area contributed by atoms with Crippen LogP contribution in [0.5, 0.6) is 0 Å². The number of likely N-dealkylation sites (N-methyl/N-ethyl adjacent to an activating group) is 1. The largest absolute Gasteiger partial charge is 0.383 e. The van der Waals surface area contributed by atoms with E-state index in [1.807, 2.05) is 28.8 Å². The van der Waals surface area contributed by atoms with Crippen molar-refractivity contribution in [2.75, 3.05) is 60.5 Å². The first kappa shape index (κ1) is 16.2. The topological polar surface area (TPSA) is 53.1 Å². The fourth-order valence-electron chi connectivity index (χ4n) is 3.40. The molecule has 0 N–H and O–H groups in total. The van der Waals surface area contributed by atoms with Crippen molar-refractivity contribution in [2.24, 2.45) is 5.41 Å². The molecule has 2 rings (SSSR count). The summed E-state index contributed by atoms with van der Waals surface area (Å²) in [7, 11) is 5.44. The van der Waals surface area contributed by atoms with Crippen LogP contribution in [-0.2, 0) is 14.3 Å². The van der Waals surface area contributed by atoms with Crippen molar-refractivity contribution in [2.45, 2.75) is 19.3 Å². The van der Waals surface area contributed by atoms with Crippen LogP contribution in [0.4, 0.5) is 0 Å². The Labute approximate surface area is 127 Å². The molecule has 0 aromatic rings. The Hall–Kier alpha value is -1.14. The summed E-state index contributed by atoms with van der Waals surface area (Å²) in [4.78, 5) is 30.6. The molecule has 1 atom stereocenters. The number of carbonyl (C=O) groups is 2. The van der Waals surface area contributed by atoms with E-state index in [0.717, 1.165) is 32.4 Å². The normalized spacial score (nSPS) is 26.2. The van der Waals surface area contributed by atoms with Crippen LogP contribution < -0.4 is 0 Å². The van der Waals surface area contributed by atoms with Gasteiger partial charge in [0, 0.05) is 33.3 Å². The van der Waals surface area contributed by atoms with Gasteiger partial charge in [-0.05, 0) is 33.4 Å². The van der Waals surface area contributed by atoms with Crippen LogP contribution in [0.1, 0.15) is 19.3 Å². The molecule has 0 bridgehead atoms. The van der Waals surface area contributed by atoms with Crippen LogP contribution in [0.15, 0.2) is 0 Å². The van der Waals surface area contributed by atoms with E-state index in [-0.39, 0.29) is 17.2 Å². The molecule has 2 aliphatic rings. The van der Waals surface area contributed by atoms with Crippen molar-refractivity contribution in [3.8, 4) is 0 Å². The van der Waals surface area contributed by atoms with Crippen LogP contribution in [0.3, 0.4) is 0 Å². The number of methoxy groups -OCH3 is 1. The predicted molar refractivity (Wildman–Crippen MR) is 79.9 cm³/mol. The zero-order valence-corrected chi connectivity index (χ0v) is 13.4. The second kappa shape index (κ2) is 6.75. The summed E-state index contributed by atoms with van der Waals surface area (Å²) < 4.78 is 5.07. The molecule has 2 fully saturated rings. The molecule has 6 nitrogen and oxygen atoms in total. The van der Waals surface area contributed by atoms with Crippen LogP contribution in [0.25, 0.3) is 0 Å². The first-order valence-electron chi connectivity index (χ1n) is 7.69. The average molecular weight is 297 g/mol. The van der Waals surface area contributed by atoms with Gasteiger partial charge in [-0.3, -0.25) is 9.59 Å². The monoisotopic (exact) mass is 297 g/mol. The molecule has 1 spiro atoms. The van der Waals surface area contributed by atoms with Gasteiger partial charge in [0.05, 0.1) is 18.6 Å². The van der Waals surface area contributed by atoms with E-state index >= 15 is 0 Å².